The highest BCUT2D eigenvalue weighted by Gasteiger charge is 2.34. The van der Waals surface area contributed by atoms with E-state index in [4.69, 9.17) is 4.42 Å². The molecule has 0 radical (unpaired) electrons. The molecule has 1 N–H and O–H groups in total. The molecular formula is C17H18N2O3S. The van der Waals surface area contributed by atoms with E-state index in [0.29, 0.717) is 18.1 Å². The molecular weight excluding hydrogens is 312 g/mol. The largest absolute Gasteiger partial charge is 0.467 e. The summed E-state index contributed by atoms with van der Waals surface area (Å²) in [6.07, 6.45) is 1.57. The molecule has 5 nitrogen and oxygen atoms in total. The summed E-state index contributed by atoms with van der Waals surface area (Å²) in [7, 11) is 0. The predicted octanol–water partition coefficient (Wildman–Crippen LogP) is 2.48. The number of hydrogen-bond donors (Lipinski definition) is 1. The van der Waals surface area contributed by atoms with Crippen LogP contribution in [0.4, 0.5) is 0 Å². The normalized spacial score (nSPS) is 17.5. The Balaban J connectivity index is 1.66. The smallest absolute Gasteiger partial charge is 0.240 e. The van der Waals surface area contributed by atoms with E-state index in [1.807, 2.05) is 31.2 Å². The summed E-state index contributed by atoms with van der Waals surface area (Å²) in [6.45, 7) is 2.41. The highest BCUT2D eigenvalue weighted by molar-refractivity contribution is 8.00. The lowest BCUT2D eigenvalue weighted by atomic mass is 10.1. The molecule has 2 aromatic rings. The number of amides is 2. The molecule has 1 saturated heterocycles. The van der Waals surface area contributed by atoms with Crippen LogP contribution in [0.2, 0.25) is 0 Å². The first kappa shape index (κ1) is 15.7. The van der Waals surface area contributed by atoms with Gasteiger partial charge in [0.1, 0.15) is 17.7 Å². The Labute approximate surface area is 139 Å². The zero-order valence-electron chi connectivity index (χ0n) is 12.8. The molecule has 0 saturated carbocycles. The Hall–Kier alpha value is -2.21. The fraction of sp³-hybridized carbons (Fsp3) is 0.294. The van der Waals surface area contributed by atoms with Crippen molar-refractivity contribution in [3.05, 3.63) is 59.5 Å². The Morgan fingerprint density at radius 3 is 2.91 bits per heavy atom. The van der Waals surface area contributed by atoms with Gasteiger partial charge in [0, 0.05) is 0 Å². The van der Waals surface area contributed by atoms with E-state index in [-0.39, 0.29) is 23.7 Å². The summed E-state index contributed by atoms with van der Waals surface area (Å²) in [5, 5.41) is 2.68. The maximum absolute atomic E-state index is 12.1. The van der Waals surface area contributed by atoms with Crippen LogP contribution in [0, 0.1) is 6.92 Å². The molecule has 1 aromatic carbocycles. The third-order valence-electron chi connectivity index (χ3n) is 3.78. The standard InChI is InChI=1S/C17H18N2O3S/c1-12-5-2-3-7-14(12)17-19(16(21)11-23-17)10-15(20)18-9-13-6-4-8-22-13/h2-8,17H,9-11H2,1H3,(H,18,20). The zero-order valence-corrected chi connectivity index (χ0v) is 13.6. The number of carbonyl (C=O) groups is 2. The molecule has 3 rings (SSSR count). The first-order valence-electron chi connectivity index (χ1n) is 7.41. The van der Waals surface area contributed by atoms with Crippen molar-refractivity contribution in [2.75, 3.05) is 12.3 Å². The average Bonchev–Trinajstić information content (AvgIpc) is 3.17. The van der Waals surface area contributed by atoms with Crippen LogP contribution in [0.3, 0.4) is 0 Å². The van der Waals surface area contributed by atoms with Gasteiger partial charge in [0.15, 0.2) is 0 Å². The summed E-state index contributed by atoms with van der Waals surface area (Å²) in [4.78, 5) is 25.9. The topological polar surface area (TPSA) is 62.6 Å². The van der Waals surface area contributed by atoms with Crippen molar-refractivity contribution in [3.63, 3.8) is 0 Å². The molecule has 6 heteroatoms. The van der Waals surface area contributed by atoms with Crippen molar-refractivity contribution in [1.29, 1.82) is 0 Å². The molecule has 0 aliphatic carbocycles. The summed E-state index contributed by atoms with van der Waals surface area (Å²) in [6, 6.07) is 11.5. The van der Waals surface area contributed by atoms with Gasteiger partial charge in [-0.25, -0.2) is 0 Å². The molecule has 1 atom stereocenters. The highest BCUT2D eigenvalue weighted by atomic mass is 32.2. The van der Waals surface area contributed by atoms with Crippen LogP contribution >= 0.6 is 11.8 Å². The number of nitrogens with zero attached hydrogens (tertiary/aromatic N) is 1. The first-order valence-corrected chi connectivity index (χ1v) is 8.45. The first-order chi connectivity index (χ1) is 11.1. The van der Waals surface area contributed by atoms with Gasteiger partial charge in [0.2, 0.25) is 11.8 Å². The third kappa shape index (κ3) is 3.59. The van der Waals surface area contributed by atoms with Crippen LogP contribution in [0.5, 0.6) is 0 Å². The molecule has 0 bridgehead atoms. The van der Waals surface area contributed by atoms with Crippen molar-refractivity contribution >= 4 is 23.6 Å². The van der Waals surface area contributed by atoms with Crippen molar-refractivity contribution in [3.8, 4) is 0 Å². The Morgan fingerprint density at radius 1 is 1.35 bits per heavy atom. The van der Waals surface area contributed by atoms with Gasteiger partial charge >= 0.3 is 0 Å². The SMILES string of the molecule is Cc1ccccc1C1SCC(=O)N1CC(=O)NCc1ccco1. The van der Waals surface area contributed by atoms with Crippen LogP contribution in [-0.4, -0.2) is 29.0 Å². The van der Waals surface area contributed by atoms with E-state index in [1.54, 1.807) is 35.1 Å². The summed E-state index contributed by atoms with van der Waals surface area (Å²) in [5.74, 6) is 0.910. The Kier molecular flexibility index (Phi) is 4.71. The second kappa shape index (κ2) is 6.91. The van der Waals surface area contributed by atoms with Crippen molar-refractivity contribution in [1.82, 2.24) is 10.2 Å². The van der Waals surface area contributed by atoms with E-state index >= 15 is 0 Å². The number of rotatable bonds is 5. The van der Waals surface area contributed by atoms with Gasteiger partial charge < -0.3 is 14.6 Å². The van der Waals surface area contributed by atoms with Gasteiger partial charge in [-0.05, 0) is 30.2 Å². The second-order valence-corrected chi connectivity index (χ2v) is 6.47. The molecule has 1 fully saturated rings. The van der Waals surface area contributed by atoms with Crippen LogP contribution in [0.25, 0.3) is 0 Å². The Bertz CT molecular complexity index is 700. The van der Waals surface area contributed by atoms with Crippen molar-refractivity contribution < 1.29 is 14.0 Å². The summed E-state index contributed by atoms with van der Waals surface area (Å²) in [5.41, 5.74) is 2.21. The van der Waals surface area contributed by atoms with Crippen LogP contribution < -0.4 is 5.32 Å². The predicted molar refractivity (Wildman–Crippen MR) is 88.6 cm³/mol. The number of aryl methyl sites for hydroxylation is 1. The minimum Gasteiger partial charge on any atom is -0.467 e. The molecule has 1 aromatic heterocycles. The van der Waals surface area contributed by atoms with Gasteiger partial charge in [0.05, 0.1) is 18.6 Å². The number of hydrogen-bond acceptors (Lipinski definition) is 4. The lowest BCUT2D eigenvalue weighted by molar-refractivity contribution is -0.133. The number of thioether (sulfide) groups is 1. The van der Waals surface area contributed by atoms with E-state index < -0.39 is 0 Å². The molecule has 1 aliphatic rings. The average molecular weight is 330 g/mol. The quantitative estimate of drug-likeness (QED) is 0.915. The molecule has 120 valence electrons. The van der Waals surface area contributed by atoms with E-state index in [0.717, 1.165) is 11.1 Å². The zero-order chi connectivity index (χ0) is 16.2. The Morgan fingerprint density at radius 2 is 2.17 bits per heavy atom. The van der Waals surface area contributed by atoms with Gasteiger partial charge in [-0.1, -0.05) is 24.3 Å². The minimum atomic E-state index is -0.184. The van der Waals surface area contributed by atoms with Crippen LogP contribution in [0.15, 0.2) is 47.1 Å². The number of benzene rings is 1. The lowest BCUT2D eigenvalue weighted by Crippen LogP contribution is -2.39. The fourth-order valence-electron chi connectivity index (χ4n) is 2.56. The van der Waals surface area contributed by atoms with Gasteiger partial charge in [0.25, 0.3) is 0 Å². The van der Waals surface area contributed by atoms with Crippen LogP contribution in [0.1, 0.15) is 22.3 Å². The van der Waals surface area contributed by atoms with E-state index in [2.05, 4.69) is 5.32 Å². The summed E-state index contributed by atoms with van der Waals surface area (Å²) >= 11 is 1.56. The van der Waals surface area contributed by atoms with Crippen LogP contribution in [-0.2, 0) is 16.1 Å². The second-order valence-electron chi connectivity index (χ2n) is 5.40. The molecule has 0 spiro atoms. The van der Waals surface area contributed by atoms with Gasteiger partial charge in [-0.2, -0.15) is 0 Å². The summed E-state index contributed by atoms with van der Waals surface area (Å²) < 4.78 is 5.18. The highest BCUT2D eigenvalue weighted by Crippen LogP contribution is 2.39. The lowest BCUT2D eigenvalue weighted by Gasteiger charge is -2.24. The fourth-order valence-corrected chi connectivity index (χ4v) is 3.84. The van der Waals surface area contributed by atoms with Crippen molar-refractivity contribution in [2.24, 2.45) is 0 Å². The third-order valence-corrected chi connectivity index (χ3v) is 5.01. The minimum absolute atomic E-state index is 0.00333. The maximum atomic E-state index is 12.1. The molecule has 2 heterocycles. The van der Waals surface area contributed by atoms with E-state index in [9.17, 15) is 9.59 Å². The number of carbonyl (C=O) groups excluding carboxylic acids is 2. The maximum Gasteiger partial charge on any atom is 0.240 e. The monoisotopic (exact) mass is 330 g/mol. The van der Waals surface area contributed by atoms with Gasteiger partial charge in [-0.3, -0.25) is 9.59 Å². The molecule has 1 unspecified atom stereocenters. The van der Waals surface area contributed by atoms with Gasteiger partial charge in [-0.15, -0.1) is 11.8 Å². The van der Waals surface area contributed by atoms with E-state index in [1.165, 1.54) is 0 Å². The van der Waals surface area contributed by atoms with Crippen molar-refractivity contribution in [2.45, 2.75) is 18.8 Å². The number of nitrogens with one attached hydrogen (secondary N) is 1. The molecule has 23 heavy (non-hydrogen) atoms. The molecule has 2 amide bonds. The molecule has 1 aliphatic heterocycles. The number of furan rings is 1.